The van der Waals surface area contributed by atoms with E-state index in [2.05, 4.69) is 36.1 Å². The van der Waals surface area contributed by atoms with Gasteiger partial charge in [0.15, 0.2) is 0 Å². The highest BCUT2D eigenvalue weighted by atomic mass is 16.5. The van der Waals surface area contributed by atoms with Gasteiger partial charge >= 0.3 is 0 Å². The van der Waals surface area contributed by atoms with E-state index in [9.17, 15) is 4.79 Å². The summed E-state index contributed by atoms with van der Waals surface area (Å²) in [7, 11) is 0. The molecule has 3 aliphatic rings. The van der Waals surface area contributed by atoms with Crippen molar-refractivity contribution in [3.63, 3.8) is 0 Å². The van der Waals surface area contributed by atoms with Gasteiger partial charge in [0.05, 0.1) is 0 Å². The molecule has 1 saturated heterocycles. The Kier molecular flexibility index (Phi) is 13.5. The summed E-state index contributed by atoms with van der Waals surface area (Å²) in [6, 6.07) is 26.0. The van der Waals surface area contributed by atoms with Crippen molar-refractivity contribution in [3.8, 4) is 11.5 Å². The van der Waals surface area contributed by atoms with Gasteiger partial charge in [0.25, 0.3) is 5.91 Å². The first-order chi connectivity index (χ1) is 24.1. The number of amides is 1. The largest absolute Gasteiger partial charge is 0.489 e. The minimum Gasteiger partial charge on any atom is -0.489 e. The molecule has 3 aromatic carbocycles. The van der Waals surface area contributed by atoms with Gasteiger partial charge in [-0.05, 0) is 91.4 Å². The maximum atomic E-state index is 13.8. The normalized spacial score (nSPS) is 23.2. The van der Waals surface area contributed by atoms with Gasteiger partial charge in [0, 0.05) is 24.7 Å². The summed E-state index contributed by atoms with van der Waals surface area (Å²) in [5, 5.41) is 0. The average Bonchev–Trinajstić information content (AvgIpc) is 3.17. The molecule has 4 nitrogen and oxygen atoms in total. The van der Waals surface area contributed by atoms with Crippen LogP contribution in [0.5, 0.6) is 11.5 Å². The Morgan fingerprint density at radius 1 is 0.592 bits per heavy atom. The van der Waals surface area contributed by atoms with Crippen LogP contribution in [-0.4, -0.2) is 23.9 Å². The van der Waals surface area contributed by atoms with Crippen molar-refractivity contribution >= 4 is 5.91 Å². The molecule has 4 heteroatoms. The molecule has 0 N–H and O–H groups in total. The third kappa shape index (κ3) is 10.9. The number of hydrogen-bond acceptors (Lipinski definition) is 3. The molecule has 6 rings (SSSR count). The monoisotopic (exact) mass is 663 g/mol. The van der Waals surface area contributed by atoms with Crippen molar-refractivity contribution in [2.24, 2.45) is 29.6 Å². The van der Waals surface area contributed by atoms with Crippen LogP contribution in [0.4, 0.5) is 0 Å². The highest BCUT2D eigenvalue weighted by molar-refractivity contribution is 5.95. The van der Waals surface area contributed by atoms with Crippen molar-refractivity contribution in [2.75, 3.05) is 13.1 Å². The number of piperidine rings is 1. The molecule has 0 radical (unpaired) electrons. The molecule has 1 heterocycles. The van der Waals surface area contributed by atoms with E-state index in [4.69, 9.17) is 9.47 Å². The van der Waals surface area contributed by atoms with Gasteiger partial charge < -0.3 is 14.4 Å². The zero-order valence-electron chi connectivity index (χ0n) is 30.2. The number of rotatable bonds is 15. The second kappa shape index (κ2) is 18.6. The van der Waals surface area contributed by atoms with Gasteiger partial charge in [-0.1, -0.05) is 132 Å². The topological polar surface area (TPSA) is 38.8 Å². The van der Waals surface area contributed by atoms with Gasteiger partial charge in [-0.15, -0.1) is 0 Å². The van der Waals surface area contributed by atoms with E-state index >= 15 is 0 Å². The molecule has 1 amide bonds. The number of benzene rings is 3. The molecule has 2 saturated carbocycles. The lowest BCUT2D eigenvalue weighted by atomic mass is 9.68. The predicted octanol–water partition coefficient (Wildman–Crippen LogP) is 11.7. The molecular formula is C45H61NO3. The van der Waals surface area contributed by atoms with Gasteiger partial charge in [-0.3, -0.25) is 4.79 Å². The first kappa shape index (κ1) is 35.6. The third-order valence-corrected chi connectivity index (χ3v) is 12.2. The van der Waals surface area contributed by atoms with Gasteiger partial charge in [-0.2, -0.15) is 0 Å². The quantitative estimate of drug-likeness (QED) is 0.152. The highest BCUT2D eigenvalue weighted by Gasteiger charge is 2.31. The molecule has 264 valence electrons. The minimum absolute atomic E-state index is 0.0847. The van der Waals surface area contributed by atoms with E-state index < -0.39 is 0 Å². The van der Waals surface area contributed by atoms with Crippen LogP contribution in [0.15, 0.2) is 78.9 Å². The lowest BCUT2D eigenvalue weighted by Crippen LogP contribution is -2.38. The maximum absolute atomic E-state index is 13.8. The second-order valence-electron chi connectivity index (χ2n) is 15.6. The van der Waals surface area contributed by atoms with Crippen molar-refractivity contribution in [1.29, 1.82) is 0 Å². The Labute approximate surface area is 297 Å². The number of hydrogen-bond donors (Lipinski definition) is 0. The molecule has 0 atom stereocenters. The minimum atomic E-state index is 0.0847. The number of carbonyl (C=O) groups is 1. The summed E-state index contributed by atoms with van der Waals surface area (Å²) in [6.45, 7) is 4.90. The zero-order valence-corrected chi connectivity index (χ0v) is 30.2. The van der Waals surface area contributed by atoms with Crippen molar-refractivity contribution in [2.45, 2.75) is 123 Å². The van der Waals surface area contributed by atoms with Crippen LogP contribution >= 0.6 is 0 Å². The number of likely N-dealkylation sites (tertiary alicyclic amines) is 1. The van der Waals surface area contributed by atoms with Crippen molar-refractivity contribution in [3.05, 3.63) is 95.6 Å². The van der Waals surface area contributed by atoms with Crippen molar-refractivity contribution in [1.82, 2.24) is 4.90 Å². The van der Waals surface area contributed by atoms with Crippen molar-refractivity contribution < 1.29 is 14.3 Å². The second-order valence-corrected chi connectivity index (χ2v) is 15.6. The molecule has 0 spiro atoms. The maximum Gasteiger partial charge on any atom is 0.254 e. The average molecular weight is 664 g/mol. The first-order valence-corrected chi connectivity index (χ1v) is 19.9. The molecule has 2 aliphatic carbocycles. The predicted molar refractivity (Wildman–Crippen MR) is 201 cm³/mol. The molecule has 3 aromatic rings. The Bertz CT molecular complexity index is 1320. The molecule has 0 bridgehead atoms. The molecular weight excluding hydrogens is 602 g/mol. The molecule has 0 aromatic heterocycles. The Morgan fingerprint density at radius 2 is 1.06 bits per heavy atom. The van der Waals surface area contributed by atoms with Crippen LogP contribution in [-0.2, 0) is 13.2 Å². The van der Waals surface area contributed by atoms with Gasteiger partial charge in [0.2, 0.25) is 0 Å². The molecule has 49 heavy (non-hydrogen) atoms. The standard InChI is InChI=1S/C45H61NO3/c1-2-3-6-11-35-18-22-40(23-19-35)41-24-20-36(21-25-41)16-17-37-26-28-46(29-27-37)45(47)42-30-43(48-33-38-12-7-4-8-13-38)32-44(31-42)49-34-39-14-9-5-10-15-39/h4-5,7-10,12-15,30-32,35-37,40-41H,2-3,6,11,16-29,33-34H2,1H3. The third-order valence-electron chi connectivity index (χ3n) is 12.2. The van der Waals surface area contributed by atoms with E-state index in [1.54, 1.807) is 0 Å². The lowest BCUT2D eigenvalue weighted by molar-refractivity contribution is 0.0679. The summed E-state index contributed by atoms with van der Waals surface area (Å²) in [5.41, 5.74) is 2.84. The van der Waals surface area contributed by atoms with Crippen LogP contribution in [0.1, 0.15) is 131 Å². The summed E-state index contributed by atoms with van der Waals surface area (Å²) in [5.74, 6) is 6.14. The Balaban J connectivity index is 0.947. The van der Waals surface area contributed by atoms with E-state index in [-0.39, 0.29) is 5.91 Å². The van der Waals surface area contributed by atoms with Crippen LogP contribution in [0.2, 0.25) is 0 Å². The van der Waals surface area contributed by atoms with Crippen LogP contribution in [0.3, 0.4) is 0 Å². The Hall–Kier alpha value is -3.27. The SMILES string of the molecule is CCCCCC1CCC(C2CCC(CCC3CCN(C(=O)c4cc(OCc5ccccc5)cc(OCc5ccccc5)c4)CC3)CC2)CC1. The molecule has 3 fully saturated rings. The van der Waals surface area contributed by atoms with Crippen LogP contribution < -0.4 is 9.47 Å². The van der Waals surface area contributed by atoms with E-state index in [0.29, 0.717) is 30.3 Å². The van der Waals surface area contributed by atoms with E-state index in [1.807, 2.05) is 54.6 Å². The summed E-state index contributed by atoms with van der Waals surface area (Å²) >= 11 is 0. The molecule has 1 aliphatic heterocycles. The fourth-order valence-corrected chi connectivity index (χ4v) is 9.00. The fraction of sp³-hybridized carbons (Fsp3) is 0.578. The van der Waals surface area contributed by atoms with Crippen LogP contribution in [0.25, 0.3) is 0 Å². The lowest BCUT2D eigenvalue weighted by Gasteiger charge is -2.38. The number of ether oxygens (including phenoxy) is 2. The fourth-order valence-electron chi connectivity index (χ4n) is 9.00. The van der Waals surface area contributed by atoms with E-state index in [1.165, 1.54) is 89.9 Å². The summed E-state index contributed by atoms with van der Waals surface area (Å²) < 4.78 is 12.4. The summed E-state index contributed by atoms with van der Waals surface area (Å²) in [4.78, 5) is 15.9. The Morgan fingerprint density at radius 3 is 1.55 bits per heavy atom. The van der Waals surface area contributed by atoms with Crippen LogP contribution in [0, 0.1) is 29.6 Å². The number of unbranched alkanes of at least 4 members (excludes halogenated alkanes) is 2. The van der Waals surface area contributed by atoms with Gasteiger partial charge in [-0.25, -0.2) is 0 Å². The number of nitrogens with zero attached hydrogens (tertiary/aromatic N) is 1. The highest BCUT2D eigenvalue weighted by Crippen LogP contribution is 2.43. The smallest absolute Gasteiger partial charge is 0.254 e. The molecule has 0 unspecified atom stereocenters. The van der Waals surface area contributed by atoms with Gasteiger partial charge in [0.1, 0.15) is 24.7 Å². The summed E-state index contributed by atoms with van der Waals surface area (Å²) in [6.07, 6.45) is 22.6. The first-order valence-electron chi connectivity index (χ1n) is 19.9. The van der Waals surface area contributed by atoms with E-state index in [0.717, 1.165) is 66.6 Å². The zero-order chi connectivity index (χ0) is 33.7. The number of carbonyl (C=O) groups excluding carboxylic acids is 1.